The molecule has 3 rings (SSSR count). The Bertz CT molecular complexity index is 1030. The number of carboxylic acids is 1. The predicted molar refractivity (Wildman–Crippen MR) is 101 cm³/mol. The van der Waals surface area contributed by atoms with Crippen molar-refractivity contribution in [3.05, 3.63) is 39.1 Å². The van der Waals surface area contributed by atoms with Crippen molar-refractivity contribution >= 4 is 61.8 Å². The van der Waals surface area contributed by atoms with E-state index in [0.717, 1.165) is 11.3 Å². The van der Waals surface area contributed by atoms with E-state index in [2.05, 4.69) is 15.3 Å². The number of nitrogens with one attached hydrogen (secondary N) is 2. The van der Waals surface area contributed by atoms with E-state index >= 15 is 0 Å². The van der Waals surface area contributed by atoms with Gasteiger partial charge >= 0.3 is 5.97 Å². The van der Waals surface area contributed by atoms with Crippen molar-refractivity contribution in [2.75, 3.05) is 11.9 Å². The number of carbonyl (C=O) groups excluding carboxylic acids is 1. The van der Waals surface area contributed by atoms with Crippen molar-refractivity contribution in [3.63, 3.8) is 0 Å². The molecule has 0 spiro atoms. The highest BCUT2D eigenvalue weighted by molar-refractivity contribution is 7.22. The van der Waals surface area contributed by atoms with Crippen LogP contribution in [0, 0.1) is 6.92 Å². The summed E-state index contributed by atoms with van der Waals surface area (Å²) in [6, 6.07) is 2.89. The third-order valence-electron chi connectivity index (χ3n) is 3.51. The highest BCUT2D eigenvalue weighted by Gasteiger charge is 2.20. The number of carboxylic acid groups (broad SMARTS) is 1. The number of aromatic carboxylic acids is 1. The number of anilines is 1. The molecule has 26 heavy (non-hydrogen) atoms. The molecule has 0 saturated heterocycles. The van der Waals surface area contributed by atoms with Crippen LogP contribution in [0.3, 0.4) is 0 Å². The van der Waals surface area contributed by atoms with Gasteiger partial charge in [0.15, 0.2) is 5.13 Å². The van der Waals surface area contributed by atoms with Crippen LogP contribution in [0.5, 0.6) is 5.75 Å². The van der Waals surface area contributed by atoms with Gasteiger partial charge in [0, 0.05) is 5.69 Å². The number of aromatic amines is 1. The van der Waals surface area contributed by atoms with Crippen LogP contribution in [0.2, 0.25) is 10.0 Å². The molecular formula is C16H13Cl2N3O4S. The second kappa shape index (κ2) is 7.14. The van der Waals surface area contributed by atoms with E-state index in [-0.39, 0.29) is 26.4 Å². The van der Waals surface area contributed by atoms with Gasteiger partial charge in [0.25, 0.3) is 5.91 Å². The molecule has 2 aromatic heterocycles. The molecule has 0 bridgehead atoms. The van der Waals surface area contributed by atoms with Crippen LogP contribution in [-0.4, -0.2) is 33.6 Å². The number of thiazole rings is 1. The molecule has 0 radical (unpaired) electrons. The molecule has 0 saturated carbocycles. The average Bonchev–Trinajstić information content (AvgIpc) is 3.10. The summed E-state index contributed by atoms with van der Waals surface area (Å²) in [4.78, 5) is 30.8. The lowest BCUT2D eigenvalue weighted by Gasteiger charge is -2.04. The van der Waals surface area contributed by atoms with Gasteiger partial charge in [-0.15, -0.1) is 0 Å². The highest BCUT2D eigenvalue weighted by atomic mass is 35.5. The number of H-pyrrole nitrogens is 1. The first-order valence-corrected chi connectivity index (χ1v) is 9.04. The fraction of sp³-hybridized carbons (Fsp3) is 0.188. The number of nitrogens with zero attached hydrogens (tertiary/aromatic N) is 1. The van der Waals surface area contributed by atoms with Gasteiger partial charge in [-0.3, -0.25) is 10.1 Å². The summed E-state index contributed by atoms with van der Waals surface area (Å²) in [5.41, 5.74) is 1.27. The Kier molecular flexibility index (Phi) is 5.08. The largest absolute Gasteiger partial charge is 0.492 e. The van der Waals surface area contributed by atoms with Gasteiger partial charge < -0.3 is 14.8 Å². The zero-order chi connectivity index (χ0) is 19.0. The molecule has 1 aromatic carbocycles. The molecule has 10 heteroatoms. The van der Waals surface area contributed by atoms with Crippen molar-refractivity contribution in [1.29, 1.82) is 0 Å². The van der Waals surface area contributed by atoms with E-state index in [9.17, 15) is 14.7 Å². The molecule has 3 N–H and O–H groups in total. The van der Waals surface area contributed by atoms with Crippen LogP contribution < -0.4 is 10.1 Å². The van der Waals surface area contributed by atoms with E-state index in [1.165, 1.54) is 12.1 Å². The summed E-state index contributed by atoms with van der Waals surface area (Å²) < 4.78 is 6.05. The smallest absolute Gasteiger partial charge is 0.335 e. The fourth-order valence-electron chi connectivity index (χ4n) is 2.33. The first-order chi connectivity index (χ1) is 12.3. The molecule has 2 heterocycles. The Labute approximate surface area is 161 Å². The lowest BCUT2D eigenvalue weighted by molar-refractivity contribution is 0.0696. The van der Waals surface area contributed by atoms with Gasteiger partial charge in [-0.1, -0.05) is 34.5 Å². The SMILES string of the molecule is CCOc1cc(C(=O)O)cc2sc(NC(=O)c3[nH]c(C)c(Cl)c3Cl)nc12. The first-order valence-electron chi connectivity index (χ1n) is 7.47. The van der Waals surface area contributed by atoms with Crippen molar-refractivity contribution in [1.82, 2.24) is 9.97 Å². The normalized spacial score (nSPS) is 10.9. The number of aromatic nitrogens is 2. The zero-order valence-corrected chi connectivity index (χ0v) is 16.0. The zero-order valence-electron chi connectivity index (χ0n) is 13.6. The number of hydrogen-bond donors (Lipinski definition) is 3. The van der Waals surface area contributed by atoms with Crippen LogP contribution in [0.15, 0.2) is 12.1 Å². The number of hydrogen-bond acceptors (Lipinski definition) is 5. The number of carbonyl (C=O) groups is 2. The third-order valence-corrected chi connectivity index (χ3v) is 5.37. The van der Waals surface area contributed by atoms with Crippen LogP contribution in [0.4, 0.5) is 5.13 Å². The monoisotopic (exact) mass is 413 g/mol. The predicted octanol–water partition coefficient (Wildman–Crippen LogP) is 4.59. The number of ether oxygens (including phenoxy) is 1. The molecule has 1 amide bonds. The minimum Gasteiger partial charge on any atom is -0.492 e. The van der Waals surface area contributed by atoms with Crippen molar-refractivity contribution < 1.29 is 19.4 Å². The van der Waals surface area contributed by atoms with Crippen LogP contribution in [-0.2, 0) is 0 Å². The van der Waals surface area contributed by atoms with E-state index in [4.69, 9.17) is 27.9 Å². The number of halogens is 2. The average molecular weight is 414 g/mol. The van der Waals surface area contributed by atoms with Gasteiger partial charge in [0.1, 0.15) is 17.0 Å². The van der Waals surface area contributed by atoms with Crippen LogP contribution in [0.25, 0.3) is 10.2 Å². The maximum absolute atomic E-state index is 12.4. The standard InChI is InChI=1S/C16H13Cl2N3O4S/c1-3-25-8-4-7(15(23)24)5-9-12(8)20-16(26-9)21-14(22)13-11(18)10(17)6(2)19-13/h4-5,19H,3H2,1-2H3,(H,23,24)(H,20,21,22). The van der Waals surface area contributed by atoms with Crippen molar-refractivity contribution in [2.45, 2.75) is 13.8 Å². The number of benzene rings is 1. The topological polar surface area (TPSA) is 104 Å². The summed E-state index contributed by atoms with van der Waals surface area (Å²) in [6.07, 6.45) is 0. The van der Waals surface area contributed by atoms with Crippen molar-refractivity contribution in [2.24, 2.45) is 0 Å². The summed E-state index contributed by atoms with van der Waals surface area (Å²) in [5, 5.41) is 12.6. The summed E-state index contributed by atoms with van der Waals surface area (Å²) in [6.45, 7) is 3.84. The molecule has 3 aromatic rings. The summed E-state index contributed by atoms with van der Waals surface area (Å²) in [5.74, 6) is -1.23. The molecule has 0 aliphatic heterocycles. The van der Waals surface area contributed by atoms with E-state index in [1.807, 2.05) is 0 Å². The minimum absolute atomic E-state index is 0.0808. The number of amides is 1. The Morgan fingerprint density at radius 2 is 2.08 bits per heavy atom. The second-order valence-corrected chi connectivity index (χ2v) is 7.07. The quantitative estimate of drug-likeness (QED) is 0.567. The van der Waals surface area contributed by atoms with E-state index in [0.29, 0.717) is 28.3 Å². The van der Waals surface area contributed by atoms with E-state index in [1.54, 1.807) is 13.8 Å². The third kappa shape index (κ3) is 3.35. The van der Waals surface area contributed by atoms with Gasteiger partial charge in [0.2, 0.25) is 0 Å². The molecule has 0 atom stereocenters. The molecule has 7 nitrogen and oxygen atoms in total. The second-order valence-electron chi connectivity index (χ2n) is 5.29. The Morgan fingerprint density at radius 1 is 1.35 bits per heavy atom. The first kappa shape index (κ1) is 18.5. The lowest BCUT2D eigenvalue weighted by atomic mass is 10.2. The van der Waals surface area contributed by atoms with Gasteiger partial charge in [-0.25, -0.2) is 9.78 Å². The molecule has 0 aliphatic carbocycles. The molecule has 0 aliphatic rings. The minimum atomic E-state index is -1.07. The highest BCUT2D eigenvalue weighted by Crippen LogP contribution is 2.35. The molecule has 136 valence electrons. The number of rotatable bonds is 5. The molecule has 0 fully saturated rings. The van der Waals surface area contributed by atoms with Crippen LogP contribution >= 0.6 is 34.5 Å². The van der Waals surface area contributed by atoms with Gasteiger partial charge in [0.05, 0.1) is 26.9 Å². The maximum atomic E-state index is 12.4. The Morgan fingerprint density at radius 3 is 2.65 bits per heavy atom. The summed E-state index contributed by atoms with van der Waals surface area (Å²) >= 11 is 13.2. The Hall–Kier alpha value is -2.29. The fourth-order valence-corrected chi connectivity index (χ4v) is 3.66. The maximum Gasteiger partial charge on any atom is 0.335 e. The van der Waals surface area contributed by atoms with Gasteiger partial charge in [-0.05, 0) is 26.0 Å². The van der Waals surface area contributed by atoms with Crippen LogP contribution in [0.1, 0.15) is 33.5 Å². The number of fused-ring (bicyclic) bond motifs is 1. The van der Waals surface area contributed by atoms with Crippen molar-refractivity contribution in [3.8, 4) is 5.75 Å². The number of aryl methyl sites for hydroxylation is 1. The summed E-state index contributed by atoms with van der Waals surface area (Å²) in [7, 11) is 0. The molecule has 0 unspecified atom stereocenters. The van der Waals surface area contributed by atoms with Gasteiger partial charge in [-0.2, -0.15) is 0 Å². The lowest BCUT2D eigenvalue weighted by Crippen LogP contribution is -2.12. The Balaban J connectivity index is 1.98. The molecular weight excluding hydrogens is 401 g/mol. The van der Waals surface area contributed by atoms with E-state index < -0.39 is 11.9 Å².